The molecule has 0 spiro atoms. The van der Waals surface area contributed by atoms with Gasteiger partial charge in [-0.2, -0.15) is 0 Å². The van der Waals surface area contributed by atoms with Crippen LogP contribution in [0.3, 0.4) is 0 Å². The summed E-state index contributed by atoms with van der Waals surface area (Å²) < 4.78 is 13.0. The second-order valence-corrected chi connectivity index (χ2v) is 4.06. The van der Waals surface area contributed by atoms with Crippen molar-refractivity contribution in [3.63, 3.8) is 0 Å². The third-order valence-electron chi connectivity index (χ3n) is 2.36. The second kappa shape index (κ2) is 5.89. The average Bonchev–Trinajstić information content (AvgIpc) is 2.22. The molecule has 0 aromatic heterocycles. The van der Waals surface area contributed by atoms with Crippen molar-refractivity contribution in [2.24, 2.45) is 0 Å². The number of benzene rings is 2. The summed E-state index contributed by atoms with van der Waals surface area (Å²) in [7, 11) is 0. The normalized spacial score (nSPS) is 9.76. The van der Waals surface area contributed by atoms with Crippen molar-refractivity contribution in [1.29, 1.82) is 0 Å². The number of nitrogen functional groups attached to an aromatic ring is 1. The van der Waals surface area contributed by atoms with Gasteiger partial charge in [0.15, 0.2) is 0 Å². The van der Waals surface area contributed by atoms with E-state index >= 15 is 0 Å². The topological polar surface area (TPSA) is 26.0 Å². The molecule has 2 aromatic rings. The van der Waals surface area contributed by atoms with Gasteiger partial charge in [-0.3, -0.25) is 0 Å². The number of rotatable bonds is 2. The number of halogens is 3. The first kappa shape index (κ1) is 13.8. The fourth-order valence-electron chi connectivity index (χ4n) is 1.57. The van der Waals surface area contributed by atoms with Gasteiger partial charge in [0.2, 0.25) is 0 Å². The van der Waals surface area contributed by atoms with E-state index < -0.39 is 0 Å². The number of anilines is 1. The Hall–Kier alpha value is -1.25. The Bertz CT molecular complexity index is 515. The van der Waals surface area contributed by atoms with Gasteiger partial charge < -0.3 is 5.73 Å². The molecule has 17 heavy (non-hydrogen) atoms. The number of hydrogen-bond acceptors (Lipinski definition) is 1. The Morgan fingerprint density at radius 1 is 1.12 bits per heavy atom. The lowest BCUT2D eigenvalue weighted by Crippen LogP contribution is -1.92. The molecule has 2 aromatic carbocycles. The molecule has 4 heteroatoms. The second-order valence-electron chi connectivity index (χ2n) is 3.66. The molecule has 0 radical (unpaired) electrons. The molecule has 0 saturated carbocycles. The minimum absolute atomic E-state index is 0. The van der Waals surface area contributed by atoms with Gasteiger partial charge in [-0.15, -0.1) is 12.4 Å². The molecule has 0 aliphatic carbocycles. The zero-order valence-corrected chi connectivity index (χ0v) is 10.6. The quantitative estimate of drug-likeness (QED) is 0.819. The maximum absolute atomic E-state index is 13.0. The average molecular weight is 272 g/mol. The van der Waals surface area contributed by atoms with Crippen molar-refractivity contribution in [1.82, 2.24) is 0 Å². The summed E-state index contributed by atoms with van der Waals surface area (Å²) in [6, 6.07) is 11.9. The van der Waals surface area contributed by atoms with E-state index in [4.69, 9.17) is 17.3 Å². The summed E-state index contributed by atoms with van der Waals surface area (Å²) in [5.74, 6) is -0.232. The number of hydrogen-bond donors (Lipinski definition) is 1. The molecule has 0 aliphatic heterocycles. The molecule has 0 atom stereocenters. The van der Waals surface area contributed by atoms with Gasteiger partial charge in [-0.25, -0.2) is 4.39 Å². The molecule has 90 valence electrons. The highest BCUT2D eigenvalue weighted by molar-refractivity contribution is 6.31. The molecule has 0 aliphatic rings. The van der Waals surface area contributed by atoms with Crippen LogP contribution in [0, 0.1) is 5.82 Å². The fourth-order valence-corrected chi connectivity index (χ4v) is 1.83. The smallest absolute Gasteiger partial charge is 0.123 e. The van der Waals surface area contributed by atoms with Crippen LogP contribution in [0.2, 0.25) is 5.02 Å². The Morgan fingerprint density at radius 3 is 2.53 bits per heavy atom. The highest BCUT2D eigenvalue weighted by Gasteiger charge is 2.03. The van der Waals surface area contributed by atoms with E-state index in [0.717, 1.165) is 11.1 Å². The fraction of sp³-hybridized carbons (Fsp3) is 0.0769. The number of nitrogens with two attached hydrogens (primary N) is 1. The van der Waals surface area contributed by atoms with E-state index in [0.29, 0.717) is 17.1 Å². The molecular weight excluding hydrogens is 260 g/mol. The molecule has 0 bridgehead atoms. The molecular formula is C13H12Cl2FN. The lowest BCUT2D eigenvalue weighted by molar-refractivity contribution is 0.626. The summed E-state index contributed by atoms with van der Waals surface area (Å²) in [5.41, 5.74) is 8.07. The van der Waals surface area contributed by atoms with Gasteiger partial charge in [0.1, 0.15) is 5.82 Å². The molecule has 0 heterocycles. The van der Waals surface area contributed by atoms with Gasteiger partial charge in [0.25, 0.3) is 0 Å². The molecule has 0 fully saturated rings. The zero-order chi connectivity index (χ0) is 11.5. The molecule has 0 saturated heterocycles. The van der Waals surface area contributed by atoms with E-state index in [2.05, 4.69) is 0 Å². The van der Waals surface area contributed by atoms with Crippen LogP contribution in [0.15, 0.2) is 42.5 Å². The maximum Gasteiger partial charge on any atom is 0.123 e. The van der Waals surface area contributed by atoms with Crippen LogP contribution in [-0.2, 0) is 6.42 Å². The highest BCUT2D eigenvalue weighted by atomic mass is 35.5. The van der Waals surface area contributed by atoms with E-state index in [9.17, 15) is 4.39 Å². The van der Waals surface area contributed by atoms with Gasteiger partial charge in [0, 0.05) is 10.7 Å². The standard InChI is InChI=1S/C13H11ClFN.ClH/c14-13-8-12(16)5-4-10(13)6-9-2-1-3-11(15)7-9;/h1-5,7-8H,6,16H2;1H. The van der Waals surface area contributed by atoms with Crippen molar-refractivity contribution in [2.45, 2.75) is 6.42 Å². The van der Waals surface area contributed by atoms with Crippen molar-refractivity contribution in [3.05, 3.63) is 64.4 Å². The van der Waals surface area contributed by atoms with Crippen LogP contribution < -0.4 is 5.73 Å². The summed E-state index contributed by atoms with van der Waals surface area (Å²) in [6.45, 7) is 0. The predicted molar refractivity (Wildman–Crippen MR) is 72.3 cm³/mol. The first-order valence-electron chi connectivity index (χ1n) is 4.93. The summed E-state index contributed by atoms with van der Waals surface area (Å²) in [4.78, 5) is 0. The van der Waals surface area contributed by atoms with Gasteiger partial charge in [-0.05, 0) is 41.8 Å². The Labute approximate surface area is 111 Å². The highest BCUT2D eigenvalue weighted by Crippen LogP contribution is 2.22. The van der Waals surface area contributed by atoms with Crippen molar-refractivity contribution in [2.75, 3.05) is 5.73 Å². The Kier molecular flexibility index (Phi) is 4.79. The molecule has 1 nitrogen and oxygen atoms in total. The van der Waals surface area contributed by atoms with Gasteiger partial charge >= 0.3 is 0 Å². The molecule has 2 rings (SSSR count). The lowest BCUT2D eigenvalue weighted by atomic mass is 10.0. The first-order valence-corrected chi connectivity index (χ1v) is 5.31. The Morgan fingerprint density at radius 2 is 1.88 bits per heavy atom. The van der Waals surface area contributed by atoms with Crippen molar-refractivity contribution in [3.8, 4) is 0 Å². The largest absolute Gasteiger partial charge is 0.399 e. The predicted octanol–water partition coefficient (Wildman–Crippen LogP) is 4.07. The van der Waals surface area contributed by atoms with E-state index in [1.54, 1.807) is 18.2 Å². The van der Waals surface area contributed by atoms with E-state index in [-0.39, 0.29) is 18.2 Å². The van der Waals surface area contributed by atoms with Crippen molar-refractivity contribution >= 4 is 29.7 Å². The minimum atomic E-state index is -0.232. The maximum atomic E-state index is 13.0. The third kappa shape index (κ3) is 3.62. The summed E-state index contributed by atoms with van der Waals surface area (Å²) >= 11 is 6.05. The van der Waals surface area contributed by atoms with E-state index in [1.807, 2.05) is 12.1 Å². The lowest BCUT2D eigenvalue weighted by Gasteiger charge is -2.05. The van der Waals surface area contributed by atoms with Crippen LogP contribution >= 0.6 is 24.0 Å². The summed E-state index contributed by atoms with van der Waals surface area (Å²) in [6.07, 6.45) is 0.608. The van der Waals surface area contributed by atoms with Crippen LogP contribution in [0.1, 0.15) is 11.1 Å². The van der Waals surface area contributed by atoms with Crippen molar-refractivity contribution < 1.29 is 4.39 Å². The SMILES string of the molecule is Cl.Nc1ccc(Cc2cccc(F)c2)c(Cl)c1. The van der Waals surface area contributed by atoms with Crippen LogP contribution in [-0.4, -0.2) is 0 Å². The van der Waals surface area contributed by atoms with Gasteiger partial charge in [-0.1, -0.05) is 29.8 Å². The van der Waals surface area contributed by atoms with Crippen LogP contribution in [0.25, 0.3) is 0 Å². The molecule has 0 unspecified atom stereocenters. The first-order chi connectivity index (χ1) is 7.65. The van der Waals surface area contributed by atoms with E-state index in [1.165, 1.54) is 12.1 Å². The van der Waals surface area contributed by atoms with Crippen LogP contribution in [0.4, 0.5) is 10.1 Å². The minimum Gasteiger partial charge on any atom is -0.399 e. The third-order valence-corrected chi connectivity index (χ3v) is 2.71. The van der Waals surface area contributed by atoms with Crippen LogP contribution in [0.5, 0.6) is 0 Å². The molecule has 0 amide bonds. The summed E-state index contributed by atoms with van der Waals surface area (Å²) in [5, 5.41) is 0.615. The Balaban J connectivity index is 0.00000144. The molecule has 2 N–H and O–H groups in total. The van der Waals surface area contributed by atoms with Gasteiger partial charge in [0.05, 0.1) is 0 Å². The zero-order valence-electron chi connectivity index (χ0n) is 8.99. The monoisotopic (exact) mass is 271 g/mol.